The molecule has 1 saturated heterocycles. The van der Waals surface area contributed by atoms with Crippen LogP contribution >= 0.6 is 0 Å². The van der Waals surface area contributed by atoms with Crippen LogP contribution in [-0.4, -0.2) is 30.1 Å². The molecule has 0 bridgehead atoms. The molecule has 0 unspecified atom stereocenters. The van der Waals surface area contributed by atoms with E-state index in [1.165, 1.54) is 51.6 Å². The Hall–Kier alpha value is -0.0800. The van der Waals surface area contributed by atoms with Crippen LogP contribution in [0.1, 0.15) is 73.1 Å². The first-order chi connectivity index (χ1) is 9.22. The van der Waals surface area contributed by atoms with Crippen molar-refractivity contribution in [1.82, 2.24) is 4.90 Å². The highest BCUT2D eigenvalue weighted by molar-refractivity contribution is 5.05. The van der Waals surface area contributed by atoms with Gasteiger partial charge in [-0.05, 0) is 61.9 Å². The number of nitrogens with two attached hydrogens (primary N) is 1. The van der Waals surface area contributed by atoms with Crippen LogP contribution in [0.3, 0.4) is 0 Å². The molecule has 0 amide bonds. The SMILES string of the molecule is CCC1CCN(C2(CN)CC(C)(C)CC(C)(C)C2)CC1. The number of hydrogen-bond donors (Lipinski definition) is 1. The van der Waals surface area contributed by atoms with Crippen LogP contribution in [0.4, 0.5) is 0 Å². The quantitative estimate of drug-likeness (QED) is 0.845. The first-order valence-electron chi connectivity index (χ1n) is 8.67. The monoisotopic (exact) mass is 280 g/mol. The van der Waals surface area contributed by atoms with Crippen LogP contribution < -0.4 is 5.73 Å². The summed E-state index contributed by atoms with van der Waals surface area (Å²) >= 11 is 0. The van der Waals surface area contributed by atoms with Crippen molar-refractivity contribution in [1.29, 1.82) is 0 Å². The summed E-state index contributed by atoms with van der Waals surface area (Å²) in [6.07, 6.45) is 7.97. The van der Waals surface area contributed by atoms with E-state index in [4.69, 9.17) is 5.73 Å². The van der Waals surface area contributed by atoms with Crippen LogP contribution in [0.5, 0.6) is 0 Å². The average Bonchev–Trinajstić information content (AvgIpc) is 2.35. The van der Waals surface area contributed by atoms with Crippen LogP contribution in [0, 0.1) is 16.7 Å². The highest BCUT2D eigenvalue weighted by Crippen LogP contribution is 2.52. The minimum Gasteiger partial charge on any atom is -0.329 e. The van der Waals surface area contributed by atoms with Gasteiger partial charge < -0.3 is 5.73 Å². The Bertz CT molecular complexity index is 308. The number of nitrogens with zero attached hydrogens (tertiary/aromatic N) is 1. The van der Waals surface area contributed by atoms with Gasteiger partial charge in [-0.2, -0.15) is 0 Å². The number of rotatable bonds is 3. The van der Waals surface area contributed by atoms with E-state index >= 15 is 0 Å². The summed E-state index contributed by atoms with van der Waals surface area (Å²) in [5.74, 6) is 0.950. The molecule has 1 saturated carbocycles. The molecule has 2 N–H and O–H groups in total. The second-order valence-corrected chi connectivity index (χ2v) is 9.13. The van der Waals surface area contributed by atoms with E-state index in [1.54, 1.807) is 0 Å². The normalized spacial score (nSPS) is 30.3. The van der Waals surface area contributed by atoms with Crippen LogP contribution in [0.15, 0.2) is 0 Å². The van der Waals surface area contributed by atoms with Crippen molar-refractivity contribution in [3.63, 3.8) is 0 Å². The van der Waals surface area contributed by atoms with E-state index in [9.17, 15) is 0 Å². The molecule has 2 fully saturated rings. The molecule has 1 aliphatic heterocycles. The first kappa shape index (κ1) is 16.3. The summed E-state index contributed by atoms with van der Waals surface area (Å²) in [4.78, 5) is 2.77. The van der Waals surface area contributed by atoms with Gasteiger partial charge in [0.05, 0.1) is 0 Å². The molecular formula is C18H36N2. The zero-order valence-electron chi connectivity index (χ0n) is 14.5. The first-order valence-corrected chi connectivity index (χ1v) is 8.67. The molecule has 0 aromatic rings. The molecule has 0 aromatic heterocycles. The number of hydrogen-bond acceptors (Lipinski definition) is 2. The predicted molar refractivity (Wildman–Crippen MR) is 87.8 cm³/mol. The summed E-state index contributed by atoms with van der Waals surface area (Å²) < 4.78 is 0. The summed E-state index contributed by atoms with van der Waals surface area (Å²) in [7, 11) is 0. The van der Waals surface area contributed by atoms with Crippen LogP contribution in [0.25, 0.3) is 0 Å². The minimum absolute atomic E-state index is 0.254. The standard InChI is InChI=1S/C18H36N2/c1-6-15-7-9-20(10-8-15)18(14-19)12-16(2,3)11-17(4,5)13-18/h15H,6-14,19H2,1-5H3. The highest BCUT2D eigenvalue weighted by atomic mass is 15.2. The fraction of sp³-hybridized carbons (Fsp3) is 1.00. The maximum Gasteiger partial charge on any atom is 0.0341 e. The Morgan fingerprint density at radius 3 is 1.85 bits per heavy atom. The predicted octanol–water partition coefficient (Wildman–Crippen LogP) is 4.04. The van der Waals surface area contributed by atoms with Gasteiger partial charge in [-0.15, -0.1) is 0 Å². The van der Waals surface area contributed by atoms with Gasteiger partial charge in [-0.25, -0.2) is 0 Å². The summed E-state index contributed by atoms with van der Waals surface area (Å²) in [5.41, 5.74) is 7.43. The largest absolute Gasteiger partial charge is 0.329 e. The van der Waals surface area contributed by atoms with Gasteiger partial charge in [0.1, 0.15) is 0 Å². The molecule has 20 heavy (non-hydrogen) atoms. The molecular weight excluding hydrogens is 244 g/mol. The van der Waals surface area contributed by atoms with E-state index in [0.29, 0.717) is 10.8 Å². The Kier molecular flexibility index (Phi) is 4.57. The fourth-order valence-corrected chi connectivity index (χ4v) is 5.58. The lowest BCUT2D eigenvalue weighted by molar-refractivity contribution is -0.0563. The maximum atomic E-state index is 6.34. The van der Waals surface area contributed by atoms with Crippen LogP contribution in [0.2, 0.25) is 0 Å². The van der Waals surface area contributed by atoms with E-state index in [2.05, 4.69) is 39.5 Å². The molecule has 0 spiro atoms. The maximum absolute atomic E-state index is 6.34. The Morgan fingerprint density at radius 1 is 0.950 bits per heavy atom. The van der Waals surface area contributed by atoms with Gasteiger partial charge in [0.2, 0.25) is 0 Å². The molecule has 1 heterocycles. The van der Waals surface area contributed by atoms with Gasteiger partial charge >= 0.3 is 0 Å². The lowest BCUT2D eigenvalue weighted by Gasteiger charge is -2.57. The smallest absolute Gasteiger partial charge is 0.0341 e. The fourth-order valence-electron chi connectivity index (χ4n) is 5.58. The molecule has 0 aromatic carbocycles. The highest BCUT2D eigenvalue weighted by Gasteiger charge is 2.49. The molecule has 2 nitrogen and oxygen atoms in total. The lowest BCUT2D eigenvalue weighted by Crippen LogP contribution is -2.62. The van der Waals surface area contributed by atoms with Crippen molar-refractivity contribution >= 4 is 0 Å². The van der Waals surface area contributed by atoms with Gasteiger partial charge in [0.25, 0.3) is 0 Å². The molecule has 2 heteroatoms. The van der Waals surface area contributed by atoms with Gasteiger partial charge in [0, 0.05) is 12.1 Å². The Morgan fingerprint density at radius 2 is 1.45 bits per heavy atom. The van der Waals surface area contributed by atoms with E-state index < -0.39 is 0 Å². The van der Waals surface area contributed by atoms with Crippen molar-refractivity contribution in [2.24, 2.45) is 22.5 Å². The number of piperidine rings is 1. The average molecular weight is 281 g/mol. The zero-order valence-corrected chi connectivity index (χ0v) is 14.5. The van der Waals surface area contributed by atoms with Crippen molar-refractivity contribution < 1.29 is 0 Å². The topological polar surface area (TPSA) is 29.3 Å². The van der Waals surface area contributed by atoms with Gasteiger partial charge in [-0.1, -0.05) is 41.0 Å². The summed E-state index contributed by atoms with van der Waals surface area (Å²) in [6.45, 7) is 15.5. The third kappa shape index (κ3) is 3.39. The van der Waals surface area contributed by atoms with Gasteiger partial charge in [-0.3, -0.25) is 4.90 Å². The van der Waals surface area contributed by atoms with Crippen molar-refractivity contribution in [2.45, 2.75) is 78.7 Å². The summed E-state index contributed by atoms with van der Waals surface area (Å²) in [5, 5.41) is 0. The van der Waals surface area contributed by atoms with E-state index in [-0.39, 0.29) is 5.54 Å². The summed E-state index contributed by atoms with van der Waals surface area (Å²) in [6, 6.07) is 0. The second kappa shape index (κ2) is 5.61. The van der Waals surface area contributed by atoms with Crippen molar-refractivity contribution in [2.75, 3.05) is 19.6 Å². The molecule has 2 rings (SSSR count). The molecule has 0 radical (unpaired) electrons. The third-order valence-electron chi connectivity index (χ3n) is 5.81. The molecule has 118 valence electrons. The molecule has 1 aliphatic carbocycles. The Labute approximate surface area is 126 Å². The second-order valence-electron chi connectivity index (χ2n) is 9.13. The minimum atomic E-state index is 0.254. The molecule has 0 atom stereocenters. The van der Waals surface area contributed by atoms with E-state index in [0.717, 1.165) is 12.5 Å². The van der Waals surface area contributed by atoms with Crippen LogP contribution in [-0.2, 0) is 0 Å². The third-order valence-corrected chi connectivity index (χ3v) is 5.81. The Balaban J connectivity index is 2.16. The van der Waals surface area contributed by atoms with E-state index in [1.807, 2.05) is 0 Å². The molecule has 2 aliphatic rings. The lowest BCUT2D eigenvalue weighted by atomic mass is 9.57. The van der Waals surface area contributed by atoms with Crippen molar-refractivity contribution in [3.8, 4) is 0 Å². The van der Waals surface area contributed by atoms with Gasteiger partial charge in [0.15, 0.2) is 0 Å². The number of likely N-dealkylation sites (tertiary alicyclic amines) is 1. The zero-order chi connectivity index (χ0) is 15.0. The van der Waals surface area contributed by atoms with Crippen molar-refractivity contribution in [3.05, 3.63) is 0 Å².